The summed E-state index contributed by atoms with van der Waals surface area (Å²) in [6.07, 6.45) is 8.66. The van der Waals surface area contributed by atoms with Gasteiger partial charge in [-0.2, -0.15) is 0 Å². The van der Waals surface area contributed by atoms with Gasteiger partial charge in [0.25, 0.3) is 0 Å². The Hall–Kier alpha value is -0.540. The van der Waals surface area contributed by atoms with Crippen LogP contribution in [0.25, 0.3) is 0 Å². The molecule has 1 aromatic rings. The number of rotatable bonds is 4. The van der Waals surface area contributed by atoms with E-state index in [-0.39, 0.29) is 5.54 Å². The van der Waals surface area contributed by atoms with Gasteiger partial charge >= 0.3 is 0 Å². The van der Waals surface area contributed by atoms with Crippen molar-refractivity contribution >= 4 is 15.9 Å². The monoisotopic (exact) mass is 323 g/mol. The Labute approximate surface area is 123 Å². The fourth-order valence-electron chi connectivity index (χ4n) is 3.10. The molecular weight excluding hydrogens is 302 g/mol. The van der Waals surface area contributed by atoms with Gasteiger partial charge in [-0.15, -0.1) is 0 Å². The van der Waals surface area contributed by atoms with Gasteiger partial charge in [0.2, 0.25) is 0 Å². The molecule has 2 aliphatic rings. The largest absolute Gasteiger partial charge is 0.493 e. The molecular formula is C16H22BrNO. The standard InChI is InChI=1S/C16H22BrNO/c17-14-8-13(16(18)6-1-2-7-16)9-15(10-14)19-11-12-4-3-5-12/h8-10,12H,1-7,11,18H2. The minimum absolute atomic E-state index is 0.141. The number of halogens is 1. The van der Waals surface area contributed by atoms with E-state index in [0.717, 1.165) is 35.6 Å². The molecule has 3 rings (SSSR count). The Bertz CT molecular complexity index is 450. The van der Waals surface area contributed by atoms with E-state index in [4.69, 9.17) is 10.5 Å². The first-order valence-corrected chi connectivity index (χ1v) is 8.18. The Morgan fingerprint density at radius 3 is 2.53 bits per heavy atom. The van der Waals surface area contributed by atoms with Crippen molar-refractivity contribution in [1.82, 2.24) is 0 Å². The van der Waals surface area contributed by atoms with E-state index >= 15 is 0 Å². The average molecular weight is 324 g/mol. The molecule has 2 saturated carbocycles. The molecule has 0 unspecified atom stereocenters. The van der Waals surface area contributed by atoms with E-state index in [9.17, 15) is 0 Å². The molecule has 0 amide bonds. The summed E-state index contributed by atoms with van der Waals surface area (Å²) in [5.41, 5.74) is 7.62. The third kappa shape index (κ3) is 2.97. The summed E-state index contributed by atoms with van der Waals surface area (Å²) in [6.45, 7) is 0.855. The average Bonchev–Trinajstić information content (AvgIpc) is 2.75. The third-order valence-electron chi connectivity index (χ3n) is 4.65. The first kappa shape index (κ1) is 13.4. The lowest BCUT2D eigenvalue weighted by Gasteiger charge is -2.27. The number of ether oxygens (including phenoxy) is 1. The quantitative estimate of drug-likeness (QED) is 0.893. The summed E-state index contributed by atoms with van der Waals surface area (Å²) in [7, 11) is 0. The smallest absolute Gasteiger partial charge is 0.120 e. The maximum atomic E-state index is 6.54. The third-order valence-corrected chi connectivity index (χ3v) is 5.11. The maximum absolute atomic E-state index is 6.54. The van der Waals surface area contributed by atoms with Crippen molar-refractivity contribution in [3.8, 4) is 5.75 Å². The van der Waals surface area contributed by atoms with Crippen molar-refractivity contribution in [3.05, 3.63) is 28.2 Å². The second-order valence-electron chi connectivity index (χ2n) is 6.15. The summed E-state index contributed by atoms with van der Waals surface area (Å²) in [5, 5.41) is 0. The highest BCUT2D eigenvalue weighted by molar-refractivity contribution is 9.10. The van der Waals surface area contributed by atoms with Gasteiger partial charge in [0, 0.05) is 10.0 Å². The van der Waals surface area contributed by atoms with Crippen molar-refractivity contribution in [2.24, 2.45) is 11.7 Å². The predicted molar refractivity (Wildman–Crippen MR) is 81.3 cm³/mol. The van der Waals surface area contributed by atoms with Crippen molar-refractivity contribution in [2.45, 2.75) is 50.5 Å². The molecule has 0 atom stereocenters. The number of benzene rings is 1. The predicted octanol–water partition coefficient (Wildman–Crippen LogP) is 4.36. The van der Waals surface area contributed by atoms with Gasteiger partial charge in [-0.3, -0.25) is 0 Å². The number of hydrogen-bond donors (Lipinski definition) is 1. The van der Waals surface area contributed by atoms with Crippen LogP contribution >= 0.6 is 15.9 Å². The van der Waals surface area contributed by atoms with E-state index < -0.39 is 0 Å². The molecule has 3 heteroatoms. The van der Waals surface area contributed by atoms with Gasteiger partial charge in [-0.1, -0.05) is 35.2 Å². The van der Waals surface area contributed by atoms with E-state index in [1.54, 1.807) is 0 Å². The minimum Gasteiger partial charge on any atom is -0.493 e. The molecule has 0 saturated heterocycles. The second-order valence-corrected chi connectivity index (χ2v) is 7.06. The topological polar surface area (TPSA) is 35.2 Å². The summed E-state index contributed by atoms with van der Waals surface area (Å²) in [6, 6.07) is 6.36. The zero-order chi connectivity index (χ0) is 13.3. The van der Waals surface area contributed by atoms with Crippen LogP contribution in [0.5, 0.6) is 5.75 Å². The Morgan fingerprint density at radius 1 is 1.16 bits per heavy atom. The molecule has 104 valence electrons. The molecule has 2 fully saturated rings. The summed E-state index contributed by atoms with van der Waals surface area (Å²) in [5.74, 6) is 1.73. The highest BCUT2D eigenvalue weighted by Crippen LogP contribution is 2.39. The Balaban J connectivity index is 1.75. The molecule has 2 nitrogen and oxygen atoms in total. The molecule has 0 radical (unpaired) electrons. The number of nitrogens with two attached hydrogens (primary N) is 1. The van der Waals surface area contributed by atoms with E-state index in [2.05, 4.69) is 34.1 Å². The van der Waals surface area contributed by atoms with Gasteiger partial charge in [-0.05, 0) is 55.4 Å². The molecule has 0 heterocycles. The highest BCUT2D eigenvalue weighted by atomic mass is 79.9. The van der Waals surface area contributed by atoms with Gasteiger partial charge in [0.15, 0.2) is 0 Å². The summed E-state index contributed by atoms with van der Waals surface area (Å²) >= 11 is 3.59. The summed E-state index contributed by atoms with van der Waals surface area (Å²) in [4.78, 5) is 0. The van der Waals surface area contributed by atoms with Crippen LogP contribution in [0.15, 0.2) is 22.7 Å². The minimum atomic E-state index is -0.141. The van der Waals surface area contributed by atoms with E-state index in [1.807, 2.05) is 0 Å². The van der Waals surface area contributed by atoms with Crippen LogP contribution in [0.2, 0.25) is 0 Å². The Morgan fingerprint density at radius 2 is 1.89 bits per heavy atom. The van der Waals surface area contributed by atoms with Crippen LogP contribution in [-0.4, -0.2) is 6.61 Å². The van der Waals surface area contributed by atoms with Crippen LogP contribution in [-0.2, 0) is 5.54 Å². The lowest BCUT2D eigenvalue weighted by atomic mass is 9.86. The van der Waals surface area contributed by atoms with Crippen LogP contribution < -0.4 is 10.5 Å². The second kappa shape index (κ2) is 5.45. The van der Waals surface area contributed by atoms with Crippen LogP contribution in [0.4, 0.5) is 0 Å². The van der Waals surface area contributed by atoms with E-state index in [1.165, 1.54) is 37.7 Å². The van der Waals surface area contributed by atoms with E-state index in [0.29, 0.717) is 0 Å². The SMILES string of the molecule is NC1(c2cc(Br)cc(OCC3CCC3)c2)CCCC1. The normalized spacial score (nSPS) is 22.2. The summed E-state index contributed by atoms with van der Waals surface area (Å²) < 4.78 is 7.02. The molecule has 0 aliphatic heterocycles. The van der Waals surface area contributed by atoms with Crippen molar-refractivity contribution < 1.29 is 4.74 Å². The molecule has 2 N–H and O–H groups in total. The van der Waals surface area contributed by atoms with Gasteiger partial charge < -0.3 is 10.5 Å². The molecule has 0 bridgehead atoms. The van der Waals surface area contributed by atoms with Gasteiger partial charge in [0.05, 0.1) is 6.61 Å². The van der Waals surface area contributed by atoms with Gasteiger partial charge in [0.1, 0.15) is 5.75 Å². The van der Waals surface area contributed by atoms with Crippen LogP contribution in [0.1, 0.15) is 50.5 Å². The first-order valence-electron chi connectivity index (χ1n) is 7.38. The van der Waals surface area contributed by atoms with Crippen molar-refractivity contribution in [3.63, 3.8) is 0 Å². The fraction of sp³-hybridized carbons (Fsp3) is 0.625. The van der Waals surface area contributed by atoms with Crippen molar-refractivity contribution in [2.75, 3.05) is 6.61 Å². The van der Waals surface area contributed by atoms with Crippen LogP contribution in [0.3, 0.4) is 0 Å². The van der Waals surface area contributed by atoms with Crippen LogP contribution in [0, 0.1) is 5.92 Å². The number of hydrogen-bond acceptors (Lipinski definition) is 2. The first-order chi connectivity index (χ1) is 9.16. The lowest BCUT2D eigenvalue weighted by molar-refractivity contribution is 0.180. The highest BCUT2D eigenvalue weighted by Gasteiger charge is 2.31. The molecule has 0 spiro atoms. The maximum Gasteiger partial charge on any atom is 0.120 e. The molecule has 0 aromatic heterocycles. The fourth-order valence-corrected chi connectivity index (χ4v) is 3.57. The van der Waals surface area contributed by atoms with Crippen molar-refractivity contribution in [1.29, 1.82) is 0 Å². The van der Waals surface area contributed by atoms with Gasteiger partial charge in [-0.25, -0.2) is 0 Å². The zero-order valence-electron chi connectivity index (χ0n) is 11.3. The molecule has 1 aromatic carbocycles. The molecule has 2 aliphatic carbocycles. The lowest BCUT2D eigenvalue weighted by Crippen LogP contribution is -2.33. The Kier molecular flexibility index (Phi) is 3.86. The zero-order valence-corrected chi connectivity index (χ0v) is 12.9. The molecule has 19 heavy (non-hydrogen) atoms.